The zero-order chi connectivity index (χ0) is 23.5. The molecule has 1 aromatic heterocycles. The van der Waals surface area contributed by atoms with Gasteiger partial charge in [-0.2, -0.15) is 0 Å². The fraction of sp³-hybridized carbons (Fsp3) is 0.240. The fourth-order valence-electron chi connectivity index (χ4n) is 3.76. The largest absolute Gasteiger partial charge is 0.494 e. The molecule has 0 radical (unpaired) electrons. The van der Waals surface area contributed by atoms with E-state index >= 15 is 0 Å². The van der Waals surface area contributed by atoms with Gasteiger partial charge in [0.15, 0.2) is 4.80 Å². The number of thiazole rings is 1. The lowest BCUT2D eigenvalue weighted by atomic mass is 9.96. The third-order valence-electron chi connectivity index (χ3n) is 5.21. The van der Waals surface area contributed by atoms with Crippen LogP contribution in [-0.2, 0) is 9.53 Å². The zero-order valence-corrected chi connectivity index (χ0v) is 20.1. The first-order valence-corrected chi connectivity index (χ1v) is 11.8. The summed E-state index contributed by atoms with van der Waals surface area (Å²) in [6.45, 7) is 6.22. The van der Waals surface area contributed by atoms with Crippen LogP contribution in [0.5, 0.6) is 5.75 Å². The van der Waals surface area contributed by atoms with Crippen LogP contribution in [0.3, 0.4) is 0 Å². The van der Waals surface area contributed by atoms with Gasteiger partial charge < -0.3 is 9.47 Å². The SMILES string of the molecule is CCOC(=O)C1=C(C)N=c2s/c(=C\c3ccc(OCC)cc3)c(=O)n2C1c1ccccc1Cl. The van der Waals surface area contributed by atoms with Gasteiger partial charge in [0.05, 0.1) is 29.0 Å². The Labute approximate surface area is 200 Å². The summed E-state index contributed by atoms with van der Waals surface area (Å²) >= 11 is 7.79. The van der Waals surface area contributed by atoms with Crippen LogP contribution in [0.25, 0.3) is 6.08 Å². The molecule has 0 fully saturated rings. The summed E-state index contributed by atoms with van der Waals surface area (Å²) in [6, 6.07) is 14.0. The fourth-order valence-corrected chi connectivity index (χ4v) is 5.05. The number of carbonyl (C=O) groups is 1. The molecule has 1 aliphatic rings. The molecule has 0 amide bonds. The van der Waals surface area contributed by atoms with E-state index in [1.54, 1.807) is 19.9 Å². The third-order valence-corrected chi connectivity index (χ3v) is 6.53. The van der Waals surface area contributed by atoms with E-state index in [-0.39, 0.29) is 12.2 Å². The summed E-state index contributed by atoms with van der Waals surface area (Å²) in [5.74, 6) is 0.258. The summed E-state index contributed by atoms with van der Waals surface area (Å²) in [6.07, 6.45) is 1.81. The predicted octanol–water partition coefficient (Wildman–Crippen LogP) is 3.85. The summed E-state index contributed by atoms with van der Waals surface area (Å²) in [5, 5.41) is 0.458. The molecular formula is C25H23ClN2O4S. The maximum atomic E-state index is 13.6. The number of ether oxygens (including phenoxy) is 2. The van der Waals surface area contributed by atoms with Crippen molar-refractivity contribution < 1.29 is 14.3 Å². The van der Waals surface area contributed by atoms with Gasteiger partial charge in [0, 0.05) is 5.02 Å². The molecule has 33 heavy (non-hydrogen) atoms. The minimum Gasteiger partial charge on any atom is -0.494 e. The standard InChI is InChI=1S/C25H23ClN2O4S/c1-4-31-17-12-10-16(11-13-17)14-20-23(29)28-22(18-8-6-7-9-19(18)26)21(24(30)32-5-2)15(3)27-25(28)33-20/h6-14,22H,4-5H2,1-3H3/b20-14-. The second kappa shape index (κ2) is 9.77. The van der Waals surface area contributed by atoms with Crippen molar-refractivity contribution in [1.29, 1.82) is 0 Å². The van der Waals surface area contributed by atoms with Gasteiger partial charge in [-0.3, -0.25) is 9.36 Å². The van der Waals surface area contributed by atoms with Gasteiger partial charge in [-0.15, -0.1) is 0 Å². The molecule has 4 rings (SSSR count). The quantitative estimate of drug-likeness (QED) is 0.500. The van der Waals surface area contributed by atoms with Crippen molar-refractivity contribution in [3.8, 4) is 5.75 Å². The molecule has 1 atom stereocenters. The molecule has 8 heteroatoms. The highest BCUT2D eigenvalue weighted by Crippen LogP contribution is 2.34. The van der Waals surface area contributed by atoms with Gasteiger partial charge in [0.2, 0.25) is 0 Å². The second-order valence-electron chi connectivity index (χ2n) is 7.33. The maximum absolute atomic E-state index is 13.6. The van der Waals surface area contributed by atoms with Crippen molar-refractivity contribution in [2.75, 3.05) is 13.2 Å². The van der Waals surface area contributed by atoms with E-state index in [4.69, 9.17) is 21.1 Å². The highest BCUT2D eigenvalue weighted by Gasteiger charge is 2.34. The Kier molecular flexibility index (Phi) is 6.81. The lowest BCUT2D eigenvalue weighted by Gasteiger charge is -2.25. The molecule has 1 unspecified atom stereocenters. The van der Waals surface area contributed by atoms with E-state index in [9.17, 15) is 9.59 Å². The Morgan fingerprint density at radius 1 is 1.15 bits per heavy atom. The number of hydrogen-bond acceptors (Lipinski definition) is 6. The van der Waals surface area contributed by atoms with Crippen molar-refractivity contribution >= 4 is 35.0 Å². The van der Waals surface area contributed by atoms with Crippen molar-refractivity contribution in [3.05, 3.63) is 95.6 Å². The Bertz CT molecular complexity index is 1400. The number of hydrogen-bond donors (Lipinski definition) is 0. The average Bonchev–Trinajstić information content (AvgIpc) is 3.09. The molecule has 0 N–H and O–H groups in total. The first-order valence-electron chi connectivity index (χ1n) is 10.6. The van der Waals surface area contributed by atoms with Crippen LogP contribution < -0.4 is 19.6 Å². The Balaban J connectivity index is 1.90. The monoisotopic (exact) mass is 482 g/mol. The number of fused-ring (bicyclic) bond motifs is 1. The highest BCUT2D eigenvalue weighted by molar-refractivity contribution is 7.07. The van der Waals surface area contributed by atoms with Crippen molar-refractivity contribution in [1.82, 2.24) is 4.57 Å². The van der Waals surface area contributed by atoms with E-state index in [0.717, 1.165) is 11.3 Å². The summed E-state index contributed by atoms with van der Waals surface area (Å²) in [5.41, 5.74) is 2.08. The minimum atomic E-state index is -0.725. The minimum absolute atomic E-state index is 0.215. The molecule has 6 nitrogen and oxygen atoms in total. The molecule has 3 aromatic rings. The van der Waals surface area contributed by atoms with E-state index in [2.05, 4.69) is 4.99 Å². The summed E-state index contributed by atoms with van der Waals surface area (Å²) in [4.78, 5) is 31.5. The topological polar surface area (TPSA) is 69.9 Å². The van der Waals surface area contributed by atoms with Crippen LogP contribution in [0.4, 0.5) is 0 Å². The Morgan fingerprint density at radius 3 is 2.55 bits per heavy atom. The van der Waals surface area contributed by atoms with Crippen LogP contribution in [0.1, 0.15) is 37.9 Å². The van der Waals surface area contributed by atoms with Gasteiger partial charge in [0.1, 0.15) is 11.8 Å². The molecule has 0 saturated heterocycles. The number of esters is 1. The van der Waals surface area contributed by atoms with Gasteiger partial charge in [-0.1, -0.05) is 53.3 Å². The number of allylic oxidation sites excluding steroid dienone is 1. The maximum Gasteiger partial charge on any atom is 0.338 e. The average molecular weight is 483 g/mol. The number of nitrogens with zero attached hydrogens (tertiary/aromatic N) is 2. The Hall–Kier alpha value is -3.16. The van der Waals surface area contributed by atoms with Gasteiger partial charge >= 0.3 is 5.97 Å². The third kappa shape index (κ3) is 4.51. The van der Waals surface area contributed by atoms with Crippen LogP contribution >= 0.6 is 22.9 Å². The molecule has 0 spiro atoms. The van der Waals surface area contributed by atoms with Gasteiger partial charge in [-0.05, 0) is 56.2 Å². The number of carbonyl (C=O) groups excluding carboxylic acids is 1. The molecule has 2 aromatic carbocycles. The lowest BCUT2D eigenvalue weighted by Crippen LogP contribution is -2.40. The van der Waals surface area contributed by atoms with E-state index in [1.165, 1.54) is 15.9 Å². The molecule has 2 heterocycles. The van der Waals surface area contributed by atoms with Crippen molar-refractivity contribution in [2.24, 2.45) is 4.99 Å². The summed E-state index contributed by atoms with van der Waals surface area (Å²) < 4.78 is 12.8. The number of benzene rings is 2. The molecule has 0 saturated carbocycles. The predicted molar refractivity (Wildman–Crippen MR) is 129 cm³/mol. The smallest absolute Gasteiger partial charge is 0.338 e. The molecule has 0 aliphatic carbocycles. The van der Waals surface area contributed by atoms with Crippen LogP contribution in [0, 0.1) is 0 Å². The number of aromatic nitrogens is 1. The van der Waals surface area contributed by atoms with Gasteiger partial charge in [-0.25, -0.2) is 9.79 Å². The van der Waals surface area contributed by atoms with Crippen LogP contribution in [0.2, 0.25) is 5.02 Å². The van der Waals surface area contributed by atoms with E-state index in [1.807, 2.05) is 55.5 Å². The zero-order valence-electron chi connectivity index (χ0n) is 18.5. The molecule has 0 bridgehead atoms. The molecule has 1 aliphatic heterocycles. The first-order chi connectivity index (χ1) is 15.9. The van der Waals surface area contributed by atoms with Crippen molar-refractivity contribution in [3.63, 3.8) is 0 Å². The van der Waals surface area contributed by atoms with E-state index in [0.29, 0.717) is 37.8 Å². The van der Waals surface area contributed by atoms with Crippen LogP contribution in [-0.4, -0.2) is 23.8 Å². The van der Waals surface area contributed by atoms with Gasteiger partial charge in [0.25, 0.3) is 5.56 Å². The van der Waals surface area contributed by atoms with E-state index < -0.39 is 12.0 Å². The van der Waals surface area contributed by atoms with Crippen molar-refractivity contribution in [2.45, 2.75) is 26.8 Å². The molecular weight excluding hydrogens is 460 g/mol. The second-order valence-corrected chi connectivity index (χ2v) is 8.74. The lowest BCUT2D eigenvalue weighted by molar-refractivity contribution is -0.139. The first kappa shape index (κ1) is 23.0. The number of halogens is 1. The molecule has 170 valence electrons. The Morgan fingerprint density at radius 2 is 1.88 bits per heavy atom. The highest BCUT2D eigenvalue weighted by atomic mass is 35.5. The number of rotatable bonds is 6. The summed E-state index contributed by atoms with van der Waals surface area (Å²) in [7, 11) is 0. The van der Waals surface area contributed by atoms with Crippen LogP contribution in [0.15, 0.2) is 69.6 Å². The normalized spacial score (nSPS) is 15.8.